The summed E-state index contributed by atoms with van der Waals surface area (Å²) in [5.74, 6) is -0.206. The van der Waals surface area contributed by atoms with Gasteiger partial charge in [0.15, 0.2) is 0 Å². The van der Waals surface area contributed by atoms with Crippen molar-refractivity contribution in [2.24, 2.45) is 0 Å². The Morgan fingerprint density at radius 3 is 2.46 bits per heavy atom. The summed E-state index contributed by atoms with van der Waals surface area (Å²) in [4.78, 5) is 27.3. The van der Waals surface area contributed by atoms with Gasteiger partial charge in [0.1, 0.15) is 0 Å². The molecule has 122 valence electrons. The van der Waals surface area contributed by atoms with Crippen LogP contribution in [0.5, 0.6) is 0 Å². The lowest BCUT2D eigenvalue weighted by molar-refractivity contribution is 0.0951. The Labute approximate surface area is 148 Å². The van der Waals surface area contributed by atoms with Gasteiger partial charge in [0.25, 0.3) is 11.5 Å². The van der Waals surface area contributed by atoms with Crippen LogP contribution in [-0.2, 0) is 6.54 Å². The molecule has 1 heterocycles. The zero-order chi connectivity index (χ0) is 17.3. The van der Waals surface area contributed by atoms with Crippen LogP contribution in [0.4, 0.5) is 0 Å². The van der Waals surface area contributed by atoms with Crippen molar-refractivity contribution in [1.82, 2.24) is 10.3 Å². The molecule has 0 bridgehead atoms. The highest BCUT2D eigenvalue weighted by molar-refractivity contribution is 9.10. The van der Waals surface area contributed by atoms with E-state index in [1.165, 1.54) is 5.56 Å². The monoisotopic (exact) mass is 384 g/mol. The minimum absolute atomic E-state index is 0.179. The van der Waals surface area contributed by atoms with Crippen LogP contribution in [0.25, 0.3) is 10.9 Å². The van der Waals surface area contributed by atoms with Crippen molar-refractivity contribution in [3.05, 3.63) is 79.5 Å². The maximum absolute atomic E-state index is 12.2. The minimum atomic E-state index is -0.206. The van der Waals surface area contributed by atoms with Crippen LogP contribution in [0.1, 0.15) is 27.0 Å². The molecule has 0 aliphatic rings. The SMILES string of the molecule is Cc1cc2cc(CNC(=O)c3ccc(Br)cc3)c(=O)[nH]c2cc1C. The summed E-state index contributed by atoms with van der Waals surface area (Å²) in [6.07, 6.45) is 0. The number of amides is 1. The minimum Gasteiger partial charge on any atom is -0.348 e. The maximum atomic E-state index is 12.2. The van der Waals surface area contributed by atoms with E-state index in [4.69, 9.17) is 0 Å². The summed E-state index contributed by atoms with van der Waals surface area (Å²) in [5, 5.41) is 3.76. The van der Waals surface area contributed by atoms with Crippen molar-refractivity contribution >= 4 is 32.7 Å². The second kappa shape index (κ2) is 6.61. The normalized spacial score (nSPS) is 10.8. The number of aryl methyl sites for hydroxylation is 2. The van der Waals surface area contributed by atoms with Gasteiger partial charge in [-0.25, -0.2) is 0 Å². The average Bonchev–Trinajstić information content (AvgIpc) is 2.55. The molecule has 0 saturated carbocycles. The van der Waals surface area contributed by atoms with E-state index >= 15 is 0 Å². The zero-order valence-electron chi connectivity index (χ0n) is 13.4. The molecule has 0 spiro atoms. The average molecular weight is 385 g/mol. The predicted molar refractivity (Wildman–Crippen MR) is 99.4 cm³/mol. The molecule has 1 aromatic heterocycles. The molecule has 0 aliphatic heterocycles. The van der Waals surface area contributed by atoms with Gasteiger partial charge in [-0.05, 0) is 72.8 Å². The second-order valence-electron chi connectivity index (χ2n) is 5.84. The van der Waals surface area contributed by atoms with Gasteiger partial charge >= 0.3 is 0 Å². The number of nitrogens with one attached hydrogen (secondary N) is 2. The fourth-order valence-electron chi connectivity index (χ4n) is 2.53. The van der Waals surface area contributed by atoms with Crippen LogP contribution in [-0.4, -0.2) is 10.9 Å². The third kappa shape index (κ3) is 3.41. The first kappa shape index (κ1) is 16.5. The molecule has 1 amide bonds. The smallest absolute Gasteiger partial charge is 0.253 e. The van der Waals surface area contributed by atoms with Crippen LogP contribution in [0, 0.1) is 13.8 Å². The molecule has 3 aromatic rings. The van der Waals surface area contributed by atoms with Crippen molar-refractivity contribution in [3.63, 3.8) is 0 Å². The van der Waals surface area contributed by atoms with E-state index in [-0.39, 0.29) is 18.0 Å². The zero-order valence-corrected chi connectivity index (χ0v) is 15.0. The summed E-state index contributed by atoms with van der Waals surface area (Å²) in [6.45, 7) is 4.24. The number of benzene rings is 2. The van der Waals surface area contributed by atoms with Gasteiger partial charge in [-0.2, -0.15) is 0 Å². The quantitative estimate of drug-likeness (QED) is 0.720. The summed E-state index contributed by atoms with van der Waals surface area (Å²) in [7, 11) is 0. The number of rotatable bonds is 3. The highest BCUT2D eigenvalue weighted by atomic mass is 79.9. The molecule has 0 fully saturated rings. The first-order chi connectivity index (χ1) is 11.4. The van der Waals surface area contributed by atoms with Crippen molar-refractivity contribution < 1.29 is 4.79 Å². The molecular weight excluding hydrogens is 368 g/mol. The standard InChI is InChI=1S/C19H17BrN2O2/c1-11-7-14-9-15(19(24)22-17(14)8-12(11)2)10-21-18(23)13-3-5-16(20)6-4-13/h3-9H,10H2,1-2H3,(H,21,23)(H,22,24). The van der Waals surface area contributed by atoms with Gasteiger partial charge in [0.2, 0.25) is 0 Å². The first-order valence-electron chi connectivity index (χ1n) is 7.61. The van der Waals surface area contributed by atoms with Gasteiger partial charge in [0.05, 0.1) is 0 Å². The number of H-pyrrole nitrogens is 1. The number of hydrogen-bond donors (Lipinski definition) is 2. The fraction of sp³-hybridized carbons (Fsp3) is 0.158. The molecule has 5 heteroatoms. The molecular formula is C19H17BrN2O2. The number of fused-ring (bicyclic) bond motifs is 1. The lowest BCUT2D eigenvalue weighted by Gasteiger charge is -2.08. The van der Waals surface area contributed by atoms with Crippen LogP contribution >= 0.6 is 15.9 Å². The lowest BCUT2D eigenvalue weighted by atomic mass is 10.0. The Kier molecular flexibility index (Phi) is 4.53. The van der Waals surface area contributed by atoms with Crippen molar-refractivity contribution in [2.75, 3.05) is 0 Å². The van der Waals surface area contributed by atoms with Gasteiger partial charge < -0.3 is 10.3 Å². The van der Waals surface area contributed by atoms with Crippen LogP contribution in [0.15, 0.2) is 51.7 Å². The number of carbonyl (C=O) groups is 1. The Bertz CT molecular complexity index is 975. The number of aromatic nitrogens is 1. The van der Waals surface area contributed by atoms with E-state index in [9.17, 15) is 9.59 Å². The largest absolute Gasteiger partial charge is 0.348 e. The maximum Gasteiger partial charge on any atom is 0.253 e. The molecule has 2 aromatic carbocycles. The van der Waals surface area contributed by atoms with E-state index < -0.39 is 0 Å². The summed E-state index contributed by atoms with van der Waals surface area (Å²) < 4.78 is 0.913. The van der Waals surface area contributed by atoms with Crippen molar-refractivity contribution in [2.45, 2.75) is 20.4 Å². The molecule has 24 heavy (non-hydrogen) atoms. The summed E-state index contributed by atoms with van der Waals surface area (Å²) in [6, 6.07) is 12.9. The van der Waals surface area contributed by atoms with Crippen LogP contribution < -0.4 is 10.9 Å². The van der Waals surface area contributed by atoms with E-state index in [2.05, 4.69) is 26.2 Å². The Morgan fingerprint density at radius 2 is 1.75 bits per heavy atom. The molecule has 0 unspecified atom stereocenters. The molecule has 0 atom stereocenters. The van der Waals surface area contributed by atoms with E-state index in [0.717, 1.165) is 20.9 Å². The summed E-state index contributed by atoms with van der Waals surface area (Å²) >= 11 is 3.34. The number of halogens is 1. The first-order valence-corrected chi connectivity index (χ1v) is 8.40. The van der Waals surface area contributed by atoms with Crippen molar-refractivity contribution in [1.29, 1.82) is 0 Å². The van der Waals surface area contributed by atoms with Crippen LogP contribution in [0.3, 0.4) is 0 Å². The third-order valence-electron chi connectivity index (χ3n) is 4.08. The van der Waals surface area contributed by atoms with Crippen molar-refractivity contribution in [3.8, 4) is 0 Å². The van der Waals surface area contributed by atoms with E-state index in [1.54, 1.807) is 12.1 Å². The Morgan fingerprint density at radius 1 is 1.08 bits per heavy atom. The molecule has 2 N–H and O–H groups in total. The highest BCUT2D eigenvalue weighted by Crippen LogP contribution is 2.17. The second-order valence-corrected chi connectivity index (χ2v) is 6.75. The highest BCUT2D eigenvalue weighted by Gasteiger charge is 2.08. The summed E-state index contributed by atoms with van der Waals surface area (Å²) in [5.41, 5.74) is 4.03. The predicted octanol–water partition coefficient (Wildman–Crippen LogP) is 3.84. The number of hydrogen-bond acceptors (Lipinski definition) is 2. The molecule has 0 radical (unpaired) electrons. The third-order valence-corrected chi connectivity index (χ3v) is 4.61. The van der Waals surface area contributed by atoms with Gasteiger partial charge in [-0.3, -0.25) is 9.59 Å². The van der Waals surface area contributed by atoms with E-state index in [1.807, 2.05) is 44.2 Å². The number of aromatic amines is 1. The lowest BCUT2D eigenvalue weighted by Crippen LogP contribution is -2.26. The molecule has 3 rings (SSSR count). The molecule has 4 nitrogen and oxygen atoms in total. The number of carbonyl (C=O) groups excluding carboxylic acids is 1. The Balaban J connectivity index is 1.83. The number of pyridine rings is 1. The van der Waals surface area contributed by atoms with Gasteiger partial charge in [-0.1, -0.05) is 15.9 Å². The molecule has 0 aliphatic carbocycles. The van der Waals surface area contributed by atoms with Gasteiger partial charge in [0, 0.05) is 27.7 Å². The van der Waals surface area contributed by atoms with Crippen LogP contribution in [0.2, 0.25) is 0 Å². The van der Waals surface area contributed by atoms with E-state index in [0.29, 0.717) is 11.1 Å². The Hall–Kier alpha value is -2.40. The topological polar surface area (TPSA) is 62.0 Å². The van der Waals surface area contributed by atoms with Gasteiger partial charge in [-0.15, -0.1) is 0 Å². The molecule has 0 saturated heterocycles. The fourth-order valence-corrected chi connectivity index (χ4v) is 2.80.